The molecule has 1 rings (SSSR count). The Morgan fingerprint density at radius 2 is 2.06 bits per heavy atom. The molecule has 18 heavy (non-hydrogen) atoms. The Balaban J connectivity index is 2.87. The summed E-state index contributed by atoms with van der Waals surface area (Å²) >= 11 is 5.81. The van der Waals surface area contributed by atoms with Crippen LogP contribution in [0.1, 0.15) is 44.0 Å². The zero-order chi connectivity index (χ0) is 13.7. The van der Waals surface area contributed by atoms with E-state index in [1.807, 2.05) is 0 Å². The molecule has 0 saturated carbocycles. The third-order valence-corrected chi connectivity index (χ3v) is 3.37. The summed E-state index contributed by atoms with van der Waals surface area (Å²) in [6, 6.07) is 3.08. The van der Waals surface area contributed by atoms with Crippen molar-refractivity contribution in [1.82, 2.24) is 4.98 Å². The summed E-state index contributed by atoms with van der Waals surface area (Å²) in [4.78, 5) is 15.0. The first-order valence-corrected chi connectivity index (χ1v) is 6.53. The second-order valence-electron chi connectivity index (χ2n) is 4.38. The van der Waals surface area contributed by atoms with E-state index in [9.17, 15) is 4.79 Å². The lowest BCUT2D eigenvalue weighted by Gasteiger charge is -2.23. The SMILES string of the molecule is CCC(CC)C(C)Nc1cc(C(=O)O)cc(Cl)n1. The standard InChI is InChI=1S/C13H19ClN2O2/c1-4-9(5-2)8(3)15-12-7-10(13(17)18)6-11(14)16-12/h6-9H,4-5H2,1-3H3,(H,15,16)(H,17,18). The van der Waals surface area contributed by atoms with Crippen molar-refractivity contribution in [2.24, 2.45) is 5.92 Å². The van der Waals surface area contributed by atoms with Gasteiger partial charge in [-0.05, 0) is 25.0 Å². The molecule has 5 heteroatoms. The van der Waals surface area contributed by atoms with Crippen molar-refractivity contribution in [2.75, 3.05) is 5.32 Å². The Labute approximate surface area is 112 Å². The Kier molecular flexibility index (Phi) is 5.41. The van der Waals surface area contributed by atoms with E-state index in [2.05, 4.69) is 31.1 Å². The van der Waals surface area contributed by atoms with Crippen molar-refractivity contribution >= 4 is 23.4 Å². The van der Waals surface area contributed by atoms with Gasteiger partial charge >= 0.3 is 5.97 Å². The van der Waals surface area contributed by atoms with Crippen LogP contribution in [0.3, 0.4) is 0 Å². The smallest absolute Gasteiger partial charge is 0.335 e. The fraction of sp³-hybridized carbons (Fsp3) is 0.538. The molecule has 1 heterocycles. The van der Waals surface area contributed by atoms with Crippen molar-refractivity contribution in [1.29, 1.82) is 0 Å². The Hall–Kier alpha value is -1.29. The fourth-order valence-electron chi connectivity index (χ4n) is 2.04. The van der Waals surface area contributed by atoms with Crippen LogP contribution in [0.2, 0.25) is 5.15 Å². The summed E-state index contributed by atoms with van der Waals surface area (Å²) < 4.78 is 0. The molecule has 1 atom stereocenters. The summed E-state index contributed by atoms with van der Waals surface area (Å²) in [5.41, 5.74) is 0.147. The highest BCUT2D eigenvalue weighted by Gasteiger charge is 2.15. The molecular formula is C13H19ClN2O2. The van der Waals surface area contributed by atoms with Gasteiger partial charge in [0.1, 0.15) is 11.0 Å². The first kappa shape index (κ1) is 14.8. The predicted octanol–water partition coefficient (Wildman–Crippen LogP) is 3.67. The lowest BCUT2D eigenvalue weighted by atomic mass is 9.95. The number of nitrogens with one attached hydrogen (secondary N) is 1. The molecule has 0 spiro atoms. The number of rotatable bonds is 6. The summed E-state index contributed by atoms with van der Waals surface area (Å²) in [6.07, 6.45) is 2.13. The van der Waals surface area contributed by atoms with Crippen LogP contribution in [0.25, 0.3) is 0 Å². The summed E-state index contributed by atoms with van der Waals surface area (Å²) in [5.74, 6) is 0.0379. The molecule has 0 aliphatic carbocycles. The Morgan fingerprint density at radius 1 is 1.44 bits per heavy atom. The third kappa shape index (κ3) is 3.88. The number of carbonyl (C=O) groups is 1. The normalized spacial score (nSPS) is 12.5. The van der Waals surface area contributed by atoms with Crippen LogP contribution >= 0.6 is 11.6 Å². The minimum Gasteiger partial charge on any atom is -0.478 e. The van der Waals surface area contributed by atoms with E-state index in [4.69, 9.17) is 16.7 Å². The van der Waals surface area contributed by atoms with Gasteiger partial charge < -0.3 is 10.4 Å². The van der Waals surface area contributed by atoms with E-state index in [1.165, 1.54) is 12.1 Å². The minimum atomic E-state index is -1.00. The second kappa shape index (κ2) is 6.59. The molecule has 0 bridgehead atoms. The van der Waals surface area contributed by atoms with E-state index in [-0.39, 0.29) is 16.8 Å². The number of anilines is 1. The van der Waals surface area contributed by atoms with E-state index < -0.39 is 5.97 Å². The number of hydrogen-bond acceptors (Lipinski definition) is 3. The van der Waals surface area contributed by atoms with E-state index in [0.717, 1.165) is 12.8 Å². The maximum atomic E-state index is 10.9. The lowest BCUT2D eigenvalue weighted by Crippen LogP contribution is -2.25. The zero-order valence-electron chi connectivity index (χ0n) is 10.9. The van der Waals surface area contributed by atoms with Crippen molar-refractivity contribution in [3.63, 3.8) is 0 Å². The molecule has 4 nitrogen and oxygen atoms in total. The second-order valence-corrected chi connectivity index (χ2v) is 4.77. The molecule has 0 amide bonds. The molecular weight excluding hydrogens is 252 g/mol. The number of halogens is 1. The maximum absolute atomic E-state index is 10.9. The van der Waals surface area contributed by atoms with Crippen LogP contribution < -0.4 is 5.32 Å². The van der Waals surface area contributed by atoms with Gasteiger partial charge in [0.2, 0.25) is 0 Å². The maximum Gasteiger partial charge on any atom is 0.335 e. The molecule has 2 N–H and O–H groups in total. The number of aromatic nitrogens is 1. The number of carboxylic acid groups (broad SMARTS) is 1. The number of nitrogens with zero attached hydrogens (tertiary/aromatic N) is 1. The fourth-order valence-corrected chi connectivity index (χ4v) is 2.25. The van der Waals surface area contributed by atoms with E-state index >= 15 is 0 Å². The molecule has 1 unspecified atom stereocenters. The van der Waals surface area contributed by atoms with Gasteiger partial charge in [-0.1, -0.05) is 38.3 Å². The Morgan fingerprint density at radius 3 is 2.56 bits per heavy atom. The van der Waals surface area contributed by atoms with Crippen LogP contribution in [0, 0.1) is 5.92 Å². The summed E-state index contributed by atoms with van der Waals surface area (Å²) in [5, 5.41) is 12.4. The van der Waals surface area contributed by atoms with Gasteiger partial charge in [-0.3, -0.25) is 0 Å². The number of aromatic carboxylic acids is 1. The van der Waals surface area contributed by atoms with Gasteiger partial charge in [0.15, 0.2) is 0 Å². The number of carboxylic acids is 1. The number of hydrogen-bond donors (Lipinski definition) is 2. The van der Waals surface area contributed by atoms with Crippen LogP contribution in [0.4, 0.5) is 5.82 Å². The van der Waals surface area contributed by atoms with Gasteiger partial charge in [-0.25, -0.2) is 9.78 Å². The van der Waals surface area contributed by atoms with Crippen molar-refractivity contribution in [2.45, 2.75) is 39.7 Å². The molecule has 1 aromatic rings. The minimum absolute atomic E-state index is 0.147. The number of pyridine rings is 1. The van der Waals surface area contributed by atoms with Crippen LogP contribution in [-0.4, -0.2) is 22.1 Å². The van der Waals surface area contributed by atoms with Crippen LogP contribution in [-0.2, 0) is 0 Å². The van der Waals surface area contributed by atoms with Gasteiger partial charge in [0, 0.05) is 6.04 Å². The monoisotopic (exact) mass is 270 g/mol. The Bertz CT molecular complexity index is 419. The quantitative estimate of drug-likeness (QED) is 0.774. The van der Waals surface area contributed by atoms with Crippen molar-refractivity contribution in [3.8, 4) is 0 Å². The first-order valence-electron chi connectivity index (χ1n) is 6.15. The average Bonchev–Trinajstić information content (AvgIpc) is 2.29. The van der Waals surface area contributed by atoms with Crippen LogP contribution in [0.5, 0.6) is 0 Å². The molecule has 0 saturated heterocycles. The molecule has 0 aliphatic rings. The van der Waals surface area contributed by atoms with E-state index in [0.29, 0.717) is 11.7 Å². The highest BCUT2D eigenvalue weighted by Crippen LogP contribution is 2.19. The topological polar surface area (TPSA) is 62.2 Å². The van der Waals surface area contributed by atoms with Crippen molar-refractivity contribution in [3.05, 3.63) is 22.8 Å². The lowest BCUT2D eigenvalue weighted by molar-refractivity contribution is 0.0697. The zero-order valence-corrected chi connectivity index (χ0v) is 11.7. The van der Waals surface area contributed by atoms with Gasteiger partial charge in [0.25, 0.3) is 0 Å². The molecule has 0 aliphatic heterocycles. The largest absolute Gasteiger partial charge is 0.478 e. The third-order valence-electron chi connectivity index (χ3n) is 3.17. The van der Waals surface area contributed by atoms with Crippen LogP contribution in [0.15, 0.2) is 12.1 Å². The van der Waals surface area contributed by atoms with Gasteiger partial charge in [-0.15, -0.1) is 0 Å². The van der Waals surface area contributed by atoms with E-state index in [1.54, 1.807) is 0 Å². The molecule has 100 valence electrons. The van der Waals surface area contributed by atoms with Gasteiger partial charge in [0.05, 0.1) is 5.56 Å². The highest BCUT2D eigenvalue weighted by atomic mass is 35.5. The van der Waals surface area contributed by atoms with Gasteiger partial charge in [-0.2, -0.15) is 0 Å². The molecule has 0 aromatic carbocycles. The summed E-state index contributed by atoms with van der Waals surface area (Å²) in [7, 11) is 0. The molecule has 1 aromatic heterocycles. The molecule has 0 radical (unpaired) electrons. The molecule has 0 fully saturated rings. The predicted molar refractivity (Wildman–Crippen MR) is 73.4 cm³/mol. The average molecular weight is 271 g/mol. The first-order chi connectivity index (χ1) is 8.47. The van der Waals surface area contributed by atoms with Crippen molar-refractivity contribution < 1.29 is 9.90 Å². The highest BCUT2D eigenvalue weighted by molar-refractivity contribution is 6.29. The summed E-state index contributed by atoms with van der Waals surface area (Å²) in [6.45, 7) is 6.35.